The Hall–Kier alpha value is -3.14. The number of anilines is 1. The fourth-order valence-corrected chi connectivity index (χ4v) is 6.40. The zero-order valence-electron chi connectivity index (χ0n) is 21.4. The summed E-state index contributed by atoms with van der Waals surface area (Å²) in [7, 11) is 2.17. The molecule has 1 amide bonds. The van der Waals surface area contributed by atoms with Gasteiger partial charge in [0, 0.05) is 67.9 Å². The normalized spacial score (nSPS) is 19.5. The molecule has 0 spiro atoms. The van der Waals surface area contributed by atoms with Gasteiger partial charge in [-0.05, 0) is 37.1 Å². The number of halogens is 2. The van der Waals surface area contributed by atoms with Gasteiger partial charge >= 0.3 is 0 Å². The molecule has 2 aliphatic heterocycles. The second kappa shape index (κ2) is 10.1. The molecule has 2 fully saturated rings. The third-order valence-electron chi connectivity index (χ3n) is 7.39. The third kappa shape index (κ3) is 4.99. The molecule has 2 aliphatic rings. The molecule has 8 nitrogen and oxygen atoms in total. The summed E-state index contributed by atoms with van der Waals surface area (Å²) < 4.78 is 30.5. The van der Waals surface area contributed by atoms with E-state index in [1.54, 1.807) is 23.2 Å². The van der Waals surface area contributed by atoms with E-state index in [-0.39, 0.29) is 34.5 Å². The number of pyridine rings is 1. The lowest BCUT2D eigenvalue weighted by atomic mass is 9.98. The number of hydrogen-bond acceptors (Lipinski definition) is 7. The van der Waals surface area contributed by atoms with Crippen LogP contribution in [0.1, 0.15) is 40.9 Å². The van der Waals surface area contributed by atoms with Crippen LogP contribution in [0.4, 0.5) is 13.9 Å². The number of imidazole rings is 1. The quantitative estimate of drug-likeness (QED) is 0.347. The number of alkyl halides is 1. The molecule has 0 bridgehead atoms. The third-order valence-corrected chi connectivity index (χ3v) is 8.61. The maximum atomic E-state index is 15.4. The first kappa shape index (κ1) is 26.1. The molecular weight excluding hydrogens is 541 g/mol. The number of piperazine rings is 1. The summed E-state index contributed by atoms with van der Waals surface area (Å²) in [5.41, 5.74) is 2.34. The average molecular weight is 571 g/mol. The van der Waals surface area contributed by atoms with E-state index in [9.17, 15) is 14.3 Å². The van der Waals surface area contributed by atoms with Crippen molar-refractivity contribution >= 4 is 37.3 Å². The average Bonchev–Trinajstić information content (AvgIpc) is 3.67. The van der Waals surface area contributed by atoms with Crippen LogP contribution >= 0.6 is 20.6 Å². The fourth-order valence-electron chi connectivity index (χ4n) is 5.30. The van der Waals surface area contributed by atoms with Gasteiger partial charge in [0.2, 0.25) is 5.88 Å². The van der Waals surface area contributed by atoms with Gasteiger partial charge in [-0.3, -0.25) is 9.20 Å². The molecule has 12 heteroatoms. The highest BCUT2D eigenvalue weighted by molar-refractivity contribution is 7.18. The molecule has 0 radical (unpaired) electrons. The van der Waals surface area contributed by atoms with Gasteiger partial charge in [-0.1, -0.05) is 21.4 Å². The Bertz CT molecular complexity index is 1550. The van der Waals surface area contributed by atoms with Crippen molar-refractivity contribution < 1.29 is 18.7 Å². The van der Waals surface area contributed by atoms with Crippen LogP contribution in [-0.2, 0) is 5.41 Å². The van der Waals surface area contributed by atoms with Gasteiger partial charge in [0.25, 0.3) is 5.91 Å². The number of amides is 1. The van der Waals surface area contributed by atoms with Gasteiger partial charge in [-0.25, -0.2) is 18.7 Å². The molecule has 2 N–H and O–H groups in total. The molecule has 1 aromatic carbocycles. The first-order valence-corrected chi connectivity index (χ1v) is 14.3. The molecule has 3 aromatic heterocycles. The lowest BCUT2D eigenvalue weighted by Crippen LogP contribution is -2.43. The number of carbonyl (C=O) groups is 1. The molecule has 2 saturated heterocycles. The predicted molar refractivity (Wildman–Crippen MR) is 151 cm³/mol. The number of rotatable bonds is 5. The lowest BCUT2D eigenvalue weighted by Gasteiger charge is -2.26. The summed E-state index contributed by atoms with van der Waals surface area (Å²) in [6.45, 7) is 5.71. The Morgan fingerprint density at radius 2 is 2.03 bits per heavy atom. The molecule has 0 saturated carbocycles. The van der Waals surface area contributed by atoms with Crippen LogP contribution in [0.15, 0.2) is 41.9 Å². The van der Waals surface area contributed by atoms with Crippen LogP contribution in [0.2, 0.25) is 0 Å². The number of nitrogens with zero attached hydrogens (tertiary/aromatic N) is 5. The minimum Gasteiger partial charge on any atom is -0.492 e. The number of nitrogens with one attached hydrogen (secondary N) is 1. The minimum absolute atomic E-state index is 0.0123. The van der Waals surface area contributed by atoms with E-state index in [1.807, 2.05) is 11.4 Å². The first-order chi connectivity index (χ1) is 18.7. The van der Waals surface area contributed by atoms with E-state index in [0.29, 0.717) is 30.8 Å². The summed E-state index contributed by atoms with van der Waals surface area (Å²) in [6.07, 6.45) is 2.32. The highest BCUT2D eigenvalue weighted by atomic mass is 32.1. The number of carbonyl (C=O) groups excluding carboxylic acids is 1. The van der Waals surface area contributed by atoms with Crippen molar-refractivity contribution in [3.05, 3.63) is 64.5 Å². The number of likely N-dealkylation sites (tertiary alicyclic amines) is 1. The fraction of sp³-hybridized carbons (Fsp3) is 0.370. The van der Waals surface area contributed by atoms with Gasteiger partial charge in [-0.15, -0.1) is 11.3 Å². The number of aromatic nitrogens is 3. The van der Waals surface area contributed by atoms with Crippen LogP contribution in [0.25, 0.3) is 16.9 Å². The zero-order valence-corrected chi connectivity index (χ0v) is 23.4. The van der Waals surface area contributed by atoms with E-state index < -0.39 is 11.3 Å². The molecule has 3 unspecified atom stereocenters. The SMILES string of the molecule is CC(F)(P)c1cc(-c2csc(N3CCNCC3)n2)cn2c(O)c(C(=O)N3CCC(c4cccc(F)c4)C3)nc12. The Labute approximate surface area is 230 Å². The van der Waals surface area contributed by atoms with Crippen LogP contribution < -0.4 is 10.2 Å². The van der Waals surface area contributed by atoms with E-state index >= 15 is 4.39 Å². The van der Waals surface area contributed by atoms with Crippen LogP contribution in [0, 0.1) is 5.82 Å². The van der Waals surface area contributed by atoms with E-state index in [0.717, 1.165) is 36.9 Å². The smallest absolute Gasteiger partial charge is 0.278 e. The van der Waals surface area contributed by atoms with E-state index in [4.69, 9.17) is 4.98 Å². The summed E-state index contributed by atoms with van der Waals surface area (Å²) in [4.78, 5) is 26.5. The van der Waals surface area contributed by atoms with Crippen LogP contribution in [0.5, 0.6) is 5.88 Å². The Balaban J connectivity index is 1.34. The van der Waals surface area contributed by atoms with Crippen molar-refractivity contribution in [1.29, 1.82) is 0 Å². The van der Waals surface area contributed by atoms with Gasteiger partial charge in [-0.2, -0.15) is 0 Å². The number of aromatic hydroxyl groups is 1. The van der Waals surface area contributed by atoms with Gasteiger partial charge in [0.05, 0.1) is 5.69 Å². The van der Waals surface area contributed by atoms with Crippen molar-refractivity contribution in [2.24, 2.45) is 0 Å². The first-order valence-electron chi connectivity index (χ1n) is 12.9. The van der Waals surface area contributed by atoms with Crippen LogP contribution in [0.3, 0.4) is 0 Å². The van der Waals surface area contributed by atoms with E-state index in [1.165, 1.54) is 34.8 Å². The second-order valence-electron chi connectivity index (χ2n) is 10.2. The summed E-state index contributed by atoms with van der Waals surface area (Å²) in [6, 6.07) is 8.07. The van der Waals surface area contributed by atoms with Crippen molar-refractivity contribution in [2.45, 2.75) is 24.7 Å². The van der Waals surface area contributed by atoms with E-state index in [2.05, 4.69) is 24.4 Å². The Morgan fingerprint density at radius 1 is 1.23 bits per heavy atom. The molecule has 6 rings (SSSR count). The summed E-state index contributed by atoms with van der Waals surface area (Å²) in [5, 5.41) is 15.4. The summed E-state index contributed by atoms with van der Waals surface area (Å²) >= 11 is 1.52. The van der Waals surface area contributed by atoms with Crippen molar-refractivity contribution in [3.63, 3.8) is 0 Å². The number of hydrogen-bond donors (Lipinski definition) is 2. The Kier molecular flexibility index (Phi) is 6.77. The molecular formula is C27H29F2N6O2PS. The molecule has 0 aliphatic carbocycles. The lowest BCUT2D eigenvalue weighted by molar-refractivity contribution is 0.0782. The topological polar surface area (TPSA) is 86.0 Å². The minimum atomic E-state index is -1.87. The molecule has 5 heterocycles. The maximum Gasteiger partial charge on any atom is 0.278 e. The van der Waals surface area contributed by atoms with Gasteiger partial charge < -0.3 is 20.2 Å². The van der Waals surface area contributed by atoms with Gasteiger partial charge in [0.15, 0.2) is 10.8 Å². The maximum absolute atomic E-state index is 15.4. The molecule has 4 aromatic rings. The van der Waals surface area contributed by atoms with Crippen molar-refractivity contribution in [3.8, 4) is 17.1 Å². The van der Waals surface area contributed by atoms with Crippen molar-refractivity contribution in [1.82, 2.24) is 24.6 Å². The monoisotopic (exact) mass is 570 g/mol. The highest BCUT2D eigenvalue weighted by Gasteiger charge is 2.34. The summed E-state index contributed by atoms with van der Waals surface area (Å²) in [5.74, 6) is -1.12. The second-order valence-corrected chi connectivity index (χ2v) is 12.2. The number of benzene rings is 1. The Morgan fingerprint density at radius 3 is 2.77 bits per heavy atom. The number of fused-ring (bicyclic) bond motifs is 1. The molecule has 3 atom stereocenters. The zero-order chi connectivity index (χ0) is 27.3. The van der Waals surface area contributed by atoms with Gasteiger partial charge in [0.1, 0.15) is 16.9 Å². The largest absolute Gasteiger partial charge is 0.492 e. The number of thiazole rings is 1. The molecule has 39 heavy (non-hydrogen) atoms. The molecule has 204 valence electrons. The standard InChI is InChI=1S/C27H29F2N6O2PS/c1-27(29,38)20-12-18(21-15-39-26(31-21)33-9-6-30-7-10-33)14-35-23(20)32-22(25(35)37)24(36)34-8-5-17(13-34)16-3-2-4-19(28)11-16/h2-4,11-12,14-15,17,30,37H,5-10,13,38H2,1H3. The van der Waals surface area contributed by atoms with Crippen LogP contribution in [-0.4, -0.2) is 69.6 Å². The van der Waals surface area contributed by atoms with Crippen molar-refractivity contribution in [2.75, 3.05) is 44.2 Å². The highest BCUT2D eigenvalue weighted by Crippen LogP contribution is 2.40. The predicted octanol–water partition coefficient (Wildman–Crippen LogP) is 4.36.